The number of amides is 2. The minimum Gasteiger partial charge on any atom is -0.444 e. The second-order valence-corrected chi connectivity index (χ2v) is 6.98. The Kier molecular flexibility index (Phi) is 3.71. The summed E-state index contributed by atoms with van der Waals surface area (Å²) in [5.74, 6) is 0.0705. The van der Waals surface area contributed by atoms with E-state index in [-0.39, 0.29) is 29.9 Å². The maximum atomic E-state index is 12.0. The first-order chi connectivity index (χ1) is 9.17. The maximum absolute atomic E-state index is 12.0. The molecule has 0 aromatic carbocycles. The van der Waals surface area contributed by atoms with Gasteiger partial charge in [0.05, 0.1) is 0 Å². The van der Waals surface area contributed by atoms with Gasteiger partial charge in [0.1, 0.15) is 5.60 Å². The second kappa shape index (κ2) is 4.91. The van der Waals surface area contributed by atoms with Gasteiger partial charge in [-0.3, -0.25) is 4.79 Å². The van der Waals surface area contributed by atoms with Crippen LogP contribution >= 0.6 is 0 Å². The van der Waals surface area contributed by atoms with Crippen LogP contribution in [0.2, 0.25) is 0 Å². The first-order valence-electron chi connectivity index (χ1n) is 7.01. The van der Waals surface area contributed by atoms with Crippen LogP contribution in [0.4, 0.5) is 4.79 Å². The smallest absolute Gasteiger partial charge is 0.410 e. The lowest BCUT2D eigenvalue weighted by atomic mass is 9.72. The van der Waals surface area contributed by atoms with Crippen molar-refractivity contribution in [2.45, 2.75) is 33.3 Å². The number of carbonyl (C=O) groups is 2. The molecule has 2 aliphatic rings. The van der Waals surface area contributed by atoms with Crippen LogP contribution in [-0.2, 0) is 9.53 Å². The molecular weight excluding hydrogens is 260 g/mol. The topological polar surface area (TPSA) is 70.1 Å². The van der Waals surface area contributed by atoms with Crippen LogP contribution in [0.15, 0.2) is 0 Å². The first kappa shape index (κ1) is 15.1. The molecule has 0 radical (unpaired) electrons. The van der Waals surface area contributed by atoms with Crippen LogP contribution in [0.1, 0.15) is 27.7 Å². The molecule has 0 aromatic heterocycles. The van der Waals surface area contributed by atoms with E-state index in [2.05, 4.69) is 0 Å². The van der Waals surface area contributed by atoms with Gasteiger partial charge < -0.3 is 19.6 Å². The molecule has 0 saturated carbocycles. The van der Waals surface area contributed by atoms with Crippen LogP contribution < -0.4 is 0 Å². The monoisotopic (exact) mass is 284 g/mol. The Hall–Kier alpha value is -1.30. The van der Waals surface area contributed by atoms with Gasteiger partial charge in [-0.2, -0.15) is 0 Å². The highest BCUT2D eigenvalue weighted by Crippen LogP contribution is 2.44. The van der Waals surface area contributed by atoms with Crippen molar-refractivity contribution in [3.05, 3.63) is 0 Å². The Balaban J connectivity index is 1.96. The molecule has 2 aliphatic heterocycles. The van der Waals surface area contributed by atoms with E-state index in [9.17, 15) is 14.7 Å². The molecule has 2 saturated heterocycles. The van der Waals surface area contributed by atoms with Crippen LogP contribution in [0, 0.1) is 11.3 Å². The fourth-order valence-corrected chi connectivity index (χ4v) is 3.05. The Labute approximate surface area is 119 Å². The van der Waals surface area contributed by atoms with Crippen LogP contribution in [0.25, 0.3) is 0 Å². The maximum Gasteiger partial charge on any atom is 0.410 e. The summed E-state index contributed by atoms with van der Waals surface area (Å²) < 4.78 is 5.33. The molecule has 0 aromatic rings. The van der Waals surface area contributed by atoms with Gasteiger partial charge in [-0.1, -0.05) is 0 Å². The molecule has 2 fully saturated rings. The quantitative estimate of drug-likeness (QED) is 0.769. The molecule has 0 bridgehead atoms. The third-order valence-electron chi connectivity index (χ3n) is 4.14. The molecule has 114 valence electrons. The molecule has 0 aliphatic carbocycles. The van der Waals surface area contributed by atoms with Crippen molar-refractivity contribution in [1.82, 2.24) is 9.80 Å². The zero-order chi connectivity index (χ0) is 15.1. The Morgan fingerprint density at radius 3 is 2.25 bits per heavy atom. The fraction of sp³-hybridized carbons (Fsp3) is 0.857. The normalized spacial score (nSPS) is 24.8. The standard InChI is InChI=1S/C14H24N2O4/c1-10(18)15-5-11(6-17)14(7-15)8-16(9-14)12(19)20-13(2,3)4/h11,17H,5-9H2,1-4H3. The molecule has 1 unspecified atom stereocenters. The summed E-state index contributed by atoms with van der Waals surface area (Å²) in [4.78, 5) is 26.8. The first-order valence-corrected chi connectivity index (χ1v) is 7.01. The van der Waals surface area contributed by atoms with Gasteiger partial charge in [0, 0.05) is 51.0 Å². The number of ether oxygens (including phenoxy) is 1. The van der Waals surface area contributed by atoms with Crippen molar-refractivity contribution in [2.75, 3.05) is 32.8 Å². The Morgan fingerprint density at radius 1 is 1.25 bits per heavy atom. The summed E-state index contributed by atoms with van der Waals surface area (Å²) in [5.41, 5.74) is -0.658. The average molecular weight is 284 g/mol. The highest BCUT2D eigenvalue weighted by Gasteiger charge is 2.56. The van der Waals surface area contributed by atoms with Crippen molar-refractivity contribution in [2.24, 2.45) is 11.3 Å². The second-order valence-electron chi connectivity index (χ2n) is 6.98. The third-order valence-corrected chi connectivity index (χ3v) is 4.14. The Bertz CT molecular complexity index is 410. The van der Waals surface area contributed by atoms with Crippen molar-refractivity contribution in [3.8, 4) is 0 Å². The van der Waals surface area contributed by atoms with E-state index in [1.165, 1.54) is 6.92 Å². The van der Waals surface area contributed by atoms with E-state index in [0.29, 0.717) is 26.2 Å². The van der Waals surface area contributed by atoms with Crippen LogP contribution in [-0.4, -0.2) is 65.3 Å². The molecule has 1 N–H and O–H groups in total. The van der Waals surface area contributed by atoms with Crippen LogP contribution in [0.3, 0.4) is 0 Å². The van der Waals surface area contributed by atoms with E-state index >= 15 is 0 Å². The molecular formula is C14H24N2O4. The van der Waals surface area contributed by atoms with Crippen LogP contribution in [0.5, 0.6) is 0 Å². The van der Waals surface area contributed by atoms with Gasteiger partial charge in [0.25, 0.3) is 0 Å². The average Bonchev–Trinajstić information content (AvgIpc) is 2.63. The molecule has 1 spiro atoms. The van der Waals surface area contributed by atoms with E-state index < -0.39 is 5.60 Å². The summed E-state index contributed by atoms with van der Waals surface area (Å²) in [6.07, 6.45) is -0.318. The van der Waals surface area contributed by atoms with E-state index in [0.717, 1.165) is 0 Å². The highest BCUT2D eigenvalue weighted by molar-refractivity contribution is 5.74. The largest absolute Gasteiger partial charge is 0.444 e. The molecule has 6 nitrogen and oxygen atoms in total. The number of aliphatic hydroxyl groups excluding tert-OH is 1. The minimum atomic E-state index is -0.503. The predicted octanol–water partition coefficient (Wildman–Crippen LogP) is 0.694. The SMILES string of the molecule is CC(=O)N1CC(CO)C2(C1)CN(C(=O)OC(C)(C)C)C2. The lowest BCUT2D eigenvalue weighted by Crippen LogP contribution is -2.63. The number of nitrogens with zero attached hydrogens (tertiary/aromatic N) is 2. The predicted molar refractivity (Wildman–Crippen MR) is 73.1 cm³/mol. The lowest BCUT2D eigenvalue weighted by Gasteiger charge is -2.50. The summed E-state index contributed by atoms with van der Waals surface area (Å²) in [7, 11) is 0. The van der Waals surface area contributed by atoms with Crippen molar-refractivity contribution < 1.29 is 19.4 Å². The van der Waals surface area contributed by atoms with E-state index in [1.807, 2.05) is 20.8 Å². The molecule has 2 amide bonds. The number of likely N-dealkylation sites (tertiary alicyclic amines) is 2. The number of carbonyl (C=O) groups excluding carboxylic acids is 2. The van der Waals surface area contributed by atoms with Gasteiger partial charge in [-0.15, -0.1) is 0 Å². The zero-order valence-electron chi connectivity index (χ0n) is 12.7. The van der Waals surface area contributed by atoms with Crippen molar-refractivity contribution >= 4 is 12.0 Å². The number of hydrogen-bond acceptors (Lipinski definition) is 4. The van der Waals surface area contributed by atoms with Crippen molar-refractivity contribution in [3.63, 3.8) is 0 Å². The number of rotatable bonds is 1. The highest BCUT2D eigenvalue weighted by atomic mass is 16.6. The van der Waals surface area contributed by atoms with Gasteiger partial charge in [0.2, 0.25) is 5.91 Å². The number of hydrogen-bond donors (Lipinski definition) is 1. The summed E-state index contributed by atoms with van der Waals surface area (Å²) in [6.45, 7) is 9.40. The third kappa shape index (κ3) is 2.75. The van der Waals surface area contributed by atoms with Gasteiger partial charge in [-0.25, -0.2) is 4.79 Å². The fourth-order valence-electron chi connectivity index (χ4n) is 3.05. The summed E-state index contributed by atoms with van der Waals surface area (Å²) in [5, 5.41) is 9.50. The van der Waals surface area contributed by atoms with Gasteiger partial charge in [-0.05, 0) is 20.8 Å². The van der Waals surface area contributed by atoms with Crippen molar-refractivity contribution in [1.29, 1.82) is 0 Å². The zero-order valence-corrected chi connectivity index (χ0v) is 12.7. The van der Waals surface area contributed by atoms with E-state index in [1.54, 1.807) is 9.80 Å². The molecule has 1 atom stereocenters. The molecule has 2 rings (SSSR count). The molecule has 6 heteroatoms. The lowest BCUT2D eigenvalue weighted by molar-refractivity contribution is -0.128. The van der Waals surface area contributed by atoms with E-state index in [4.69, 9.17) is 4.74 Å². The Morgan fingerprint density at radius 2 is 1.80 bits per heavy atom. The van der Waals surface area contributed by atoms with Gasteiger partial charge in [0.15, 0.2) is 0 Å². The summed E-state index contributed by atoms with van der Waals surface area (Å²) in [6, 6.07) is 0. The summed E-state index contributed by atoms with van der Waals surface area (Å²) >= 11 is 0. The minimum absolute atomic E-state index is 0.0241. The molecule has 20 heavy (non-hydrogen) atoms. The molecule has 2 heterocycles. The number of aliphatic hydroxyl groups is 1. The van der Waals surface area contributed by atoms with Gasteiger partial charge >= 0.3 is 6.09 Å².